The Kier molecular flexibility index (Phi) is 3.77. The van der Waals surface area contributed by atoms with Gasteiger partial charge in [0.2, 0.25) is 10.0 Å². The summed E-state index contributed by atoms with van der Waals surface area (Å²) < 4.78 is 38.8. The van der Waals surface area contributed by atoms with Gasteiger partial charge in [0.25, 0.3) is 0 Å². The highest BCUT2D eigenvalue weighted by Crippen LogP contribution is 2.23. The summed E-state index contributed by atoms with van der Waals surface area (Å²) in [5.41, 5.74) is -1.30. The highest BCUT2D eigenvalue weighted by atomic mass is 35.5. The molecule has 4 nitrogen and oxygen atoms in total. The van der Waals surface area contributed by atoms with Crippen LogP contribution in [-0.2, 0) is 10.0 Å². The van der Waals surface area contributed by atoms with Gasteiger partial charge in [0.1, 0.15) is 16.3 Å². The summed E-state index contributed by atoms with van der Waals surface area (Å²) in [7, 11) is -4.03. The molecule has 7 heteroatoms. The van der Waals surface area contributed by atoms with Gasteiger partial charge in [-0.1, -0.05) is 11.6 Å². The van der Waals surface area contributed by atoms with Crippen molar-refractivity contribution in [1.82, 2.24) is 4.72 Å². The van der Waals surface area contributed by atoms with E-state index in [-0.39, 0.29) is 9.92 Å². The number of nitrogens with zero attached hydrogens (tertiary/aromatic N) is 1. The number of benzene rings is 1. The molecule has 0 saturated carbocycles. The van der Waals surface area contributed by atoms with Crippen LogP contribution in [0.4, 0.5) is 4.39 Å². The maximum atomic E-state index is 13.0. The highest BCUT2D eigenvalue weighted by molar-refractivity contribution is 7.89. The zero-order chi connectivity index (χ0) is 13.3. The van der Waals surface area contributed by atoms with Crippen molar-refractivity contribution < 1.29 is 12.8 Å². The quantitative estimate of drug-likeness (QED) is 0.919. The third-order valence-electron chi connectivity index (χ3n) is 1.85. The minimum atomic E-state index is -4.03. The Balaban J connectivity index is 3.24. The van der Waals surface area contributed by atoms with Crippen LogP contribution in [0.2, 0.25) is 5.02 Å². The standard InChI is InChI=1S/C10H10ClFN2O2S/c1-10(2,6-13)14-17(15,16)9-5-7(12)3-4-8(9)11/h3-5,14H,1-2H3. The fraction of sp³-hybridized carbons (Fsp3) is 0.300. The smallest absolute Gasteiger partial charge is 0.207 e. The van der Waals surface area contributed by atoms with Crippen LogP contribution in [0.25, 0.3) is 0 Å². The number of hydrogen-bond donors (Lipinski definition) is 1. The van der Waals surface area contributed by atoms with E-state index in [9.17, 15) is 12.8 Å². The Morgan fingerprint density at radius 2 is 2.06 bits per heavy atom. The summed E-state index contributed by atoms with van der Waals surface area (Å²) in [6.45, 7) is 2.77. The molecular weight excluding hydrogens is 267 g/mol. The van der Waals surface area contributed by atoms with E-state index in [2.05, 4.69) is 4.72 Å². The van der Waals surface area contributed by atoms with Gasteiger partial charge in [-0.2, -0.15) is 9.98 Å². The van der Waals surface area contributed by atoms with Gasteiger partial charge in [-0.15, -0.1) is 0 Å². The molecule has 0 aliphatic carbocycles. The summed E-state index contributed by atoms with van der Waals surface area (Å²) in [4.78, 5) is -0.387. The van der Waals surface area contributed by atoms with Crippen molar-refractivity contribution >= 4 is 21.6 Å². The molecule has 0 fully saturated rings. The second-order valence-corrected chi connectivity index (χ2v) is 5.98. The molecule has 0 spiro atoms. The zero-order valence-electron chi connectivity index (χ0n) is 9.16. The van der Waals surface area contributed by atoms with E-state index < -0.39 is 21.4 Å². The normalized spacial score (nSPS) is 12.2. The van der Waals surface area contributed by atoms with Crippen LogP contribution in [0, 0.1) is 17.1 Å². The third-order valence-corrected chi connectivity index (χ3v) is 3.99. The lowest BCUT2D eigenvalue weighted by molar-refractivity contribution is 0.534. The minimum absolute atomic E-state index is 0.104. The lowest BCUT2D eigenvalue weighted by atomic mass is 10.1. The summed E-state index contributed by atoms with van der Waals surface area (Å²) in [5.74, 6) is -0.718. The fourth-order valence-electron chi connectivity index (χ4n) is 1.10. The second kappa shape index (κ2) is 4.61. The van der Waals surface area contributed by atoms with Gasteiger partial charge in [-0.25, -0.2) is 12.8 Å². The predicted octanol–water partition coefficient (Wildman–Crippen LogP) is 2.06. The average molecular weight is 277 g/mol. The Morgan fingerprint density at radius 3 is 2.59 bits per heavy atom. The molecule has 0 aliphatic rings. The van der Waals surface area contributed by atoms with Crippen molar-refractivity contribution in [2.45, 2.75) is 24.3 Å². The Labute approximate surface area is 104 Å². The van der Waals surface area contributed by atoms with Gasteiger partial charge >= 0.3 is 0 Å². The van der Waals surface area contributed by atoms with E-state index in [1.54, 1.807) is 6.07 Å². The zero-order valence-corrected chi connectivity index (χ0v) is 10.7. The van der Waals surface area contributed by atoms with Gasteiger partial charge in [0, 0.05) is 0 Å². The second-order valence-electron chi connectivity index (χ2n) is 3.92. The molecule has 0 saturated heterocycles. The molecule has 0 unspecified atom stereocenters. The van der Waals surface area contributed by atoms with E-state index in [1.165, 1.54) is 13.8 Å². The van der Waals surface area contributed by atoms with E-state index in [1.807, 2.05) is 0 Å². The van der Waals surface area contributed by atoms with Gasteiger partial charge in [0.05, 0.1) is 11.1 Å². The molecule has 1 N–H and O–H groups in total. The summed E-state index contributed by atoms with van der Waals surface area (Å²) in [6.07, 6.45) is 0. The number of nitrogens with one attached hydrogen (secondary N) is 1. The molecule has 17 heavy (non-hydrogen) atoms. The Bertz CT molecular complexity index is 578. The fourth-order valence-corrected chi connectivity index (χ4v) is 2.94. The molecule has 0 bridgehead atoms. The average Bonchev–Trinajstić information content (AvgIpc) is 2.20. The van der Waals surface area contributed by atoms with Crippen LogP contribution in [0.1, 0.15) is 13.8 Å². The van der Waals surface area contributed by atoms with E-state index in [4.69, 9.17) is 16.9 Å². The monoisotopic (exact) mass is 276 g/mol. The van der Waals surface area contributed by atoms with Crippen molar-refractivity contribution in [2.24, 2.45) is 0 Å². The van der Waals surface area contributed by atoms with Crippen molar-refractivity contribution in [3.05, 3.63) is 29.0 Å². The highest BCUT2D eigenvalue weighted by Gasteiger charge is 2.27. The molecule has 0 amide bonds. The largest absolute Gasteiger partial charge is 0.243 e. The number of nitriles is 1. The molecule has 92 valence electrons. The van der Waals surface area contributed by atoms with Crippen LogP contribution in [0.3, 0.4) is 0 Å². The molecule has 0 atom stereocenters. The van der Waals surface area contributed by atoms with E-state index >= 15 is 0 Å². The number of halogens is 2. The van der Waals surface area contributed by atoms with Crippen molar-refractivity contribution in [1.29, 1.82) is 5.26 Å². The molecule has 0 aromatic heterocycles. The Morgan fingerprint density at radius 1 is 1.47 bits per heavy atom. The molecule has 0 heterocycles. The maximum Gasteiger partial charge on any atom is 0.243 e. The van der Waals surface area contributed by atoms with Gasteiger partial charge in [0.15, 0.2) is 0 Å². The topological polar surface area (TPSA) is 70.0 Å². The number of hydrogen-bond acceptors (Lipinski definition) is 3. The summed E-state index contributed by atoms with van der Waals surface area (Å²) in [6, 6.07) is 4.77. The third kappa shape index (κ3) is 3.40. The first-order chi connectivity index (χ1) is 7.68. The number of sulfonamides is 1. The first kappa shape index (κ1) is 13.9. The SMILES string of the molecule is CC(C)(C#N)NS(=O)(=O)c1cc(F)ccc1Cl. The van der Waals surface area contributed by atoms with Crippen LogP contribution in [0.5, 0.6) is 0 Å². The summed E-state index contributed by atoms with van der Waals surface area (Å²) in [5, 5.41) is 8.64. The minimum Gasteiger partial charge on any atom is -0.207 e. The molecule has 1 rings (SSSR count). The first-order valence-electron chi connectivity index (χ1n) is 4.58. The number of rotatable bonds is 3. The first-order valence-corrected chi connectivity index (χ1v) is 6.44. The predicted molar refractivity (Wildman–Crippen MR) is 61.4 cm³/mol. The van der Waals surface area contributed by atoms with Crippen LogP contribution in [0.15, 0.2) is 23.1 Å². The van der Waals surface area contributed by atoms with Crippen LogP contribution in [-0.4, -0.2) is 14.0 Å². The molecular formula is C10H10ClFN2O2S. The summed E-state index contributed by atoms with van der Waals surface area (Å²) >= 11 is 5.68. The lowest BCUT2D eigenvalue weighted by Gasteiger charge is -2.18. The Hall–Kier alpha value is -1.16. The van der Waals surface area contributed by atoms with Gasteiger partial charge in [-0.3, -0.25) is 0 Å². The molecule has 1 aromatic rings. The maximum absolute atomic E-state index is 13.0. The van der Waals surface area contributed by atoms with Crippen molar-refractivity contribution in [3.63, 3.8) is 0 Å². The van der Waals surface area contributed by atoms with Crippen LogP contribution >= 0.6 is 11.6 Å². The van der Waals surface area contributed by atoms with E-state index in [0.29, 0.717) is 0 Å². The van der Waals surface area contributed by atoms with Gasteiger partial charge < -0.3 is 0 Å². The van der Waals surface area contributed by atoms with Crippen molar-refractivity contribution in [3.8, 4) is 6.07 Å². The van der Waals surface area contributed by atoms with Gasteiger partial charge in [-0.05, 0) is 32.0 Å². The lowest BCUT2D eigenvalue weighted by Crippen LogP contribution is -2.42. The van der Waals surface area contributed by atoms with E-state index in [0.717, 1.165) is 18.2 Å². The van der Waals surface area contributed by atoms with Crippen LogP contribution < -0.4 is 4.72 Å². The molecule has 0 aliphatic heterocycles. The van der Waals surface area contributed by atoms with Crippen molar-refractivity contribution in [2.75, 3.05) is 0 Å². The molecule has 0 radical (unpaired) electrons. The molecule has 1 aromatic carbocycles.